The second kappa shape index (κ2) is 9.36. The van der Waals surface area contributed by atoms with Crippen molar-refractivity contribution in [3.8, 4) is 27.5 Å². The standard InChI is InChI=1S/C27H28FN5OS/c1-17-5-6-18(2)23(15-17)33-24(34)12-11-22(30-33)26-25(19-7-9-20(28)10-8-19)29-27(35-26)32-14-13-21(16-32)31(3)4/h5-12,15,21H,13-14,16H2,1-4H3. The summed E-state index contributed by atoms with van der Waals surface area (Å²) in [6, 6.07) is 16.1. The third-order valence-corrected chi connectivity index (χ3v) is 7.66. The number of aryl methyl sites for hydroxylation is 2. The fourth-order valence-electron chi connectivity index (χ4n) is 4.41. The lowest BCUT2D eigenvalue weighted by molar-refractivity contribution is 0.315. The molecule has 35 heavy (non-hydrogen) atoms. The first-order chi connectivity index (χ1) is 16.8. The van der Waals surface area contributed by atoms with Crippen LogP contribution < -0.4 is 10.5 Å². The normalized spacial score (nSPS) is 15.8. The minimum Gasteiger partial charge on any atom is -0.346 e. The van der Waals surface area contributed by atoms with Gasteiger partial charge in [0.2, 0.25) is 0 Å². The van der Waals surface area contributed by atoms with E-state index in [4.69, 9.17) is 10.1 Å². The summed E-state index contributed by atoms with van der Waals surface area (Å²) in [5.41, 5.74) is 4.83. The second-order valence-corrected chi connectivity index (χ2v) is 10.3. The fourth-order valence-corrected chi connectivity index (χ4v) is 5.50. The molecule has 4 aromatic rings. The molecule has 8 heteroatoms. The molecule has 1 fully saturated rings. The monoisotopic (exact) mass is 489 g/mol. The summed E-state index contributed by atoms with van der Waals surface area (Å²) >= 11 is 1.56. The SMILES string of the molecule is Cc1ccc(C)c(-n2nc(-c3sc(N4CCC(N(C)C)C4)nc3-c3ccc(F)cc3)ccc2=O)c1. The summed E-state index contributed by atoms with van der Waals surface area (Å²) in [5.74, 6) is -0.291. The van der Waals surface area contributed by atoms with Gasteiger partial charge in [0.05, 0.1) is 16.3 Å². The largest absolute Gasteiger partial charge is 0.346 e. The number of likely N-dealkylation sites (N-methyl/N-ethyl adjacent to an activating group) is 1. The highest BCUT2D eigenvalue weighted by Gasteiger charge is 2.28. The van der Waals surface area contributed by atoms with Crippen molar-refractivity contribution in [2.45, 2.75) is 26.3 Å². The third-order valence-electron chi connectivity index (χ3n) is 6.52. The number of hydrogen-bond acceptors (Lipinski definition) is 6. The van der Waals surface area contributed by atoms with E-state index in [1.54, 1.807) is 35.6 Å². The van der Waals surface area contributed by atoms with Crippen LogP contribution in [0.5, 0.6) is 0 Å². The number of halogens is 1. The third kappa shape index (κ3) is 4.63. The number of thiazole rings is 1. The molecule has 0 spiro atoms. The lowest BCUT2D eigenvalue weighted by Crippen LogP contribution is -2.31. The van der Waals surface area contributed by atoms with Gasteiger partial charge in [0.15, 0.2) is 5.13 Å². The Labute approximate surface area is 208 Å². The highest BCUT2D eigenvalue weighted by molar-refractivity contribution is 7.19. The summed E-state index contributed by atoms with van der Waals surface area (Å²) in [4.78, 5) is 23.2. The Morgan fingerprint density at radius 1 is 1.06 bits per heavy atom. The molecule has 5 rings (SSSR count). The van der Waals surface area contributed by atoms with E-state index in [-0.39, 0.29) is 11.4 Å². The number of nitrogens with zero attached hydrogens (tertiary/aromatic N) is 5. The van der Waals surface area contributed by atoms with Crippen LogP contribution in [0.3, 0.4) is 0 Å². The van der Waals surface area contributed by atoms with Crippen molar-refractivity contribution in [2.75, 3.05) is 32.1 Å². The molecule has 2 aromatic carbocycles. The Hall–Kier alpha value is -3.36. The van der Waals surface area contributed by atoms with E-state index in [1.165, 1.54) is 16.8 Å². The van der Waals surface area contributed by atoms with E-state index in [0.29, 0.717) is 11.7 Å². The zero-order valence-electron chi connectivity index (χ0n) is 20.3. The summed E-state index contributed by atoms with van der Waals surface area (Å²) in [7, 11) is 4.21. The quantitative estimate of drug-likeness (QED) is 0.398. The fraction of sp³-hybridized carbons (Fsp3) is 0.296. The highest BCUT2D eigenvalue weighted by atomic mass is 32.1. The van der Waals surface area contributed by atoms with Crippen LogP contribution in [0.15, 0.2) is 59.4 Å². The molecule has 0 aliphatic carbocycles. The summed E-state index contributed by atoms with van der Waals surface area (Å²) in [5, 5.41) is 5.69. The number of benzene rings is 2. The van der Waals surface area contributed by atoms with Crippen molar-refractivity contribution in [1.82, 2.24) is 19.7 Å². The molecule has 1 saturated heterocycles. The van der Waals surface area contributed by atoms with Gasteiger partial charge >= 0.3 is 0 Å². The van der Waals surface area contributed by atoms with Crippen LogP contribution in [0.4, 0.5) is 9.52 Å². The van der Waals surface area contributed by atoms with Gasteiger partial charge in [-0.05, 0) is 81.9 Å². The lowest BCUT2D eigenvalue weighted by Gasteiger charge is -2.19. The van der Waals surface area contributed by atoms with Gasteiger partial charge in [-0.25, -0.2) is 9.37 Å². The van der Waals surface area contributed by atoms with Crippen LogP contribution in [0.1, 0.15) is 17.5 Å². The van der Waals surface area contributed by atoms with Gasteiger partial charge in [0, 0.05) is 30.8 Å². The number of anilines is 1. The smallest absolute Gasteiger partial charge is 0.271 e. The summed E-state index contributed by atoms with van der Waals surface area (Å²) < 4.78 is 15.1. The molecule has 2 aromatic heterocycles. The predicted molar refractivity (Wildman–Crippen MR) is 140 cm³/mol. The molecular weight excluding hydrogens is 461 g/mol. The predicted octanol–water partition coefficient (Wildman–Crippen LogP) is 4.92. The molecule has 3 heterocycles. The molecular formula is C27H28FN5OS. The molecule has 6 nitrogen and oxygen atoms in total. The van der Waals surface area contributed by atoms with Crippen LogP contribution in [-0.2, 0) is 0 Å². The molecule has 0 bridgehead atoms. The van der Waals surface area contributed by atoms with Crippen molar-refractivity contribution in [2.24, 2.45) is 0 Å². The van der Waals surface area contributed by atoms with Gasteiger partial charge in [-0.15, -0.1) is 0 Å². The number of hydrogen-bond donors (Lipinski definition) is 0. The first-order valence-corrected chi connectivity index (χ1v) is 12.5. The van der Waals surface area contributed by atoms with Gasteiger partial charge < -0.3 is 9.80 Å². The second-order valence-electron chi connectivity index (χ2n) is 9.29. The molecule has 1 aliphatic heterocycles. The molecule has 0 radical (unpaired) electrons. The van der Waals surface area contributed by atoms with Crippen LogP contribution in [-0.4, -0.2) is 52.9 Å². The Morgan fingerprint density at radius 2 is 1.83 bits per heavy atom. The van der Waals surface area contributed by atoms with Crippen molar-refractivity contribution in [1.29, 1.82) is 0 Å². The Balaban J connectivity index is 1.63. The zero-order valence-corrected chi connectivity index (χ0v) is 21.1. The minimum atomic E-state index is -0.291. The van der Waals surface area contributed by atoms with Gasteiger partial charge in [-0.3, -0.25) is 4.79 Å². The van der Waals surface area contributed by atoms with E-state index < -0.39 is 0 Å². The lowest BCUT2D eigenvalue weighted by atomic mass is 10.1. The van der Waals surface area contributed by atoms with E-state index in [1.807, 2.05) is 32.0 Å². The molecule has 0 N–H and O–H groups in total. The number of rotatable bonds is 5. The van der Waals surface area contributed by atoms with Gasteiger partial charge in [-0.1, -0.05) is 23.5 Å². The maximum Gasteiger partial charge on any atom is 0.271 e. The zero-order chi connectivity index (χ0) is 24.7. The van der Waals surface area contributed by atoms with E-state index >= 15 is 0 Å². The van der Waals surface area contributed by atoms with Gasteiger partial charge in [0.25, 0.3) is 5.56 Å². The van der Waals surface area contributed by atoms with Crippen LogP contribution in [0.2, 0.25) is 0 Å². The van der Waals surface area contributed by atoms with E-state index in [2.05, 4.69) is 23.9 Å². The Kier molecular flexibility index (Phi) is 6.25. The molecule has 180 valence electrons. The van der Waals surface area contributed by atoms with Crippen LogP contribution in [0.25, 0.3) is 27.5 Å². The van der Waals surface area contributed by atoms with Crippen molar-refractivity contribution in [3.63, 3.8) is 0 Å². The first kappa shape index (κ1) is 23.4. The van der Waals surface area contributed by atoms with Crippen LogP contribution in [0, 0.1) is 19.7 Å². The molecule has 1 unspecified atom stereocenters. The van der Waals surface area contributed by atoms with E-state index in [9.17, 15) is 9.18 Å². The summed E-state index contributed by atoms with van der Waals surface area (Å²) in [6.07, 6.45) is 1.07. The maximum absolute atomic E-state index is 13.7. The van der Waals surface area contributed by atoms with E-state index in [0.717, 1.165) is 57.6 Å². The minimum absolute atomic E-state index is 0.191. The molecule has 0 saturated carbocycles. The van der Waals surface area contributed by atoms with Gasteiger partial charge in [-0.2, -0.15) is 9.78 Å². The topological polar surface area (TPSA) is 54.3 Å². The Morgan fingerprint density at radius 3 is 2.54 bits per heavy atom. The summed E-state index contributed by atoms with van der Waals surface area (Å²) in [6.45, 7) is 5.79. The molecule has 0 amide bonds. The molecule has 1 aliphatic rings. The molecule has 1 atom stereocenters. The maximum atomic E-state index is 13.7. The van der Waals surface area contributed by atoms with Gasteiger partial charge in [0.1, 0.15) is 11.5 Å². The average molecular weight is 490 g/mol. The average Bonchev–Trinajstić information content (AvgIpc) is 3.50. The first-order valence-electron chi connectivity index (χ1n) is 11.7. The highest BCUT2D eigenvalue weighted by Crippen LogP contribution is 2.40. The Bertz CT molecular complexity index is 1430. The van der Waals surface area contributed by atoms with Crippen molar-refractivity contribution in [3.05, 3.63) is 81.9 Å². The van der Waals surface area contributed by atoms with Crippen molar-refractivity contribution < 1.29 is 4.39 Å². The number of aromatic nitrogens is 3. The van der Waals surface area contributed by atoms with Crippen LogP contribution >= 0.6 is 11.3 Å². The van der Waals surface area contributed by atoms with Crippen molar-refractivity contribution >= 4 is 16.5 Å².